The van der Waals surface area contributed by atoms with Gasteiger partial charge in [-0.1, -0.05) is 13.8 Å². The van der Waals surface area contributed by atoms with Crippen LogP contribution in [0.5, 0.6) is 5.75 Å². The van der Waals surface area contributed by atoms with Crippen molar-refractivity contribution < 1.29 is 30.7 Å². The Hall–Kier alpha value is -1.35. The van der Waals surface area contributed by atoms with Crippen molar-refractivity contribution in [3.05, 3.63) is 29.3 Å². The van der Waals surface area contributed by atoms with Gasteiger partial charge < -0.3 is 4.74 Å². The maximum Gasteiger partial charge on any atom is 0.209 e. The third-order valence-corrected chi connectivity index (χ3v) is 3.80. The van der Waals surface area contributed by atoms with E-state index >= 15 is 0 Å². The first-order chi connectivity index (χ1) is 9.53. The van der Waals surface area contributed by atoms with Gasteiger partial charge in [-0.3, -0.25) is 0 Å². The number of rotatable bonds is 6. The second-order valence-corrected chi connectivity index (χ2v) is 6.60. The quantitative estimate of drug-likeness (QED) is 0.642. The second-order valence-electron chi connectivity index (χ2n) is 4.94. The molecule has 0 amide bonds. The van der Waals surface area contributed by atoms with E-state index in [0.717, 1.165) is 0 Å². The number of hydrogen-bond donors (Lipinski definition) is 1. The van der Waals surface area contributed by atoms with Gasteiger partial charge in [0, 0.05) is 12.0 Å². The number of benzene rings is 1. The Morgan fingerprint density at radius 3 is 2.00 bits per heavy atom. The van der Waals surface area contributed by atoms with Gasteiger partial charge in [-0.25, -0.2) is 22.3 Å². The van der Waals surface area contributed by atoms with E-state index in [0.29, 0.717) is 0 Å². The standard InChI is InChI=1S/C12H15F4NO3S/c1-6(2)7(5-21(17,18)19)4-20-12-10(15)8(13)3-9(14)11(12)16/h3,6-7H,4-5H2,1-2H3,(H2,17,18,19). The van der Waals surface area contributed by atoms with Crippen LogP contribution in [0, 0.1) is 35.1 Å². The van der Waals surface area contributed by atoms with Gasteiger partial charge in [0.05, 0.1) is 12.4 Å². The van der Waals surface area contributed by atoms with Crippen molar-refractivity contribution in [1.29, 1.82) is 0 Å². The molecule has 2 N–H and O–H groups in total. The van der Waals surface area contributed by atoms with Gasteiger partial charge in [-0.15, -0.1) is 0 Å². The molecule has 0 saturated carbocycles. The lowest BCUT2D eigenvalue weighted by Gasteiger charge is -2.20. The highest BCUT2D eigenvalue weighted by atomic mass is 32.2. The van der Waals surface area contributed by atoms with Gasteiger partial charge in [0.1, 0.15) is 0 Å². The molecule has 1 unspecified atom stereocenters. The molecule has 1 rings (SSSR count). The fourth-order valence-electron chi connectivity index (χ4n) is 1.60. The number of nitrogens with two attached hydrogens (primary N) is 1. The van der Waals surface area contributed by atoms with Crippen LogP contribution in [-0.2, 0) is 10.0 Å². The van der Waals surface area contributed by atoms with Crippen molar-refractivity contribution in [2.45, 2.75) is 13.8 Å². The van der Waals surface area contributed by atoms with E-state index in [-0.39, 0.29) is 12.0 Å². The van der Waals surface area contributed by atoms with Gasteiger partial charge in [0.25, 0.3) is 0 Å². The van der Waals surface area contributed by atoms with E-state index in [1.165, 1.54) is 0 Å². The van der Waals surface area contributed by atoms with Gasteiger partial charge in [0.15, 0.2) is 17.4 Å². The molecule has 0 aliphatic rings. The van der Waals surface area contributed by atoms with Crippen LogP contribution in [0.2, 0.25) is 0 Å². The zero-order valence-electron chi connectivity index (χ0n) is 11.4. The Kier molecular flexibility index (Phi) is 5.57. The number of sulfonamides is 1. The molecule has 0 saturated heterocycles. The van der Waals surface area contributed by atoms with Crippen molar-refractivity contribution >= 4 is 10.0 Å². The van der Waals surface area contributed by atoms with Crippen molar-refractivity contribution in [2.24, 2.45) is 17.0 Å². The summed E-state index contributed by atoms with van der Waals surface area (Å²) in [5.41, 5.74) is 0. The largest absolute Gasteiger partial charge is 0.487 e. The molecule has 0 aromatic heterocycles. The molecule has 0 spiro atoms. The first-order valence-electron chi connectivity index (χ1n) is 5.99. The van der Waals surface area contributed by atoms with Crippen LogP contribution in [0.3, 0.4) is 0 Å². The van der Waals surface area contributed by atoms with Gasteiger partial charge in [-0.2, -0.15) is 8.78 Å². The van der Waals surface area contributed by atoms with Crippen LogP contribution in [0.4, 0.5) is 17.6 Å². The van der Waals surface area contributed by atoms with Crippen molar-refractivity contribution in [2.75, 3.05) is 12.4 Å². The third kappa shape index (κ3) is 4.85. The molecule has 21 heavy (non-hydrogen) atoms. The monoisotopic (exact) mass is 329 g/mol. The Morgan fingerprint density at radius 1 is 1.14 bits per heavy atom. The van der Waals surface area contributed by atoms with Crippen molar-refractivity contribution in [3.63, 3.8) is 0 Å². The van der Waals surface area contributed by atoms with Gasteiger partial charge in [0.2, 0.25) is 21.7 Å². The van der Waals surface area contributed by atoms with E-state index in [4.69, 9.17) is 9.88 Å². The summed E-state index contributed by atoms with van der Waals surface area (Å²) in [6.45, 7) is 2.85. The fraction of sp³-hybridized carbons (Fsp3) is 0.500. The van der Waals surface area contributed by atoms with E-state index in [1.54, 1.807) is 13.8 Å². The molecule has 0 aliphatic heterocycles. The fourth-order valence-corrected chi connectivity index (χ4v) is 2.68. The van der Waals surface area contributed by atoms with Crippen LogP contribution in [0.1, 0.15) is 13.8 Å². The Balaban J connectivity index is 2.96. The molecule has 0 bridgehead atoms. The summed E-state index contributed by atoms with van der Waals surface area (Å²) < 4.78 is 79.6. The Morgan fingerprint density at radius 2 is 1.62 bits per heavy atom. The molecule has 1 atom stereocenters. The summed E-state index contributed by atoms with van der Waals surface area (Å²) in [4.78, 5) is 0. The zero-order valence-corrected chi connectivity index (χ0v) is 12.2. The minimum Gasteiger partial charge on any atom is -0.487 e. The average molecular weight is 329 g/mol. The van der Waals surface area contributed by atoms with Crippen LogP contribution in [0.25, 0.3) is 0 Å². The summed E-state index contributed by atoms with van der Waals surface area (Å²) in [5, 5.41) is 4.90. The molecule has 4 nitrogen and oxygen atoms in total. The molecular weight excluding hydrogens is 314 g/mol. The van der Waals surface area contributed by atoms with E-state index in [2.05, 4.69) is 0 Å². The zero-order chi connectivity index (χ0) is 16.4. The number of halogens is 4. The first-order valence-corrected chi connectivity index (χ1v) is 7.70. The van der Waals surface area contributed by atoms with Crippen molar-refractivity contribution in [3.8, 4) is 5.75 Å². The highest BCUT2D eigenvalue weighted by Crippen LogP contribution is 2.27. The molecule has 120 valence electrons. The van der Waals surface area contributed by atoms with Crippen molar-refractivity contribution in [1.82, 2.24) is 0 Å². The number of primary sulfonamides is 1. The molecule has 0 aliphatic carbocycles. The highest BCUT2D eigenvalue weighted by molar-refractivity contribution is 7.89. The molecule has 9 heteroatoms. The third-order valence-electron chi connectivity index (χ3n) is 2.90. The van der Waals surface area contributed by atoms with E-state index in [9.17, 15) is 26.0 Å². The van der Waals surface area contributed by atoms with Crippen LogP contribution in [-0.4, -0.2) is 20.8 Å². The molecule has 0 heterocycles. The smallest absolute Gasteiger partial charge is 0.209 e. The normalized spacial score (nSPS) is 13.5. The summed E-state index contributed by atoms with van der Waals surface area (Å²) in [7, 11) is -3.82. The lowest BCUT2D eigenvalue weighted by atomic mass is 9.99. The molecule has 1 aromatic rings. The summed E-state index contributed by atoms with van der Waals surface area (Å²) in [6.07, 6.45) is 0. The topological polar surface area (TPSA) is 69.4 Å². The highest BCUT2D eigenvalue weighted by Gasteiger charge is 2.24. The van der Waals surface area contributed by atoms with Gasteiger partial charge in [-0.05, 0) is 5.92 Å². The second kappa shape index (κ2) is 6.61. The average Bonchev–Trinajstić information content (AvgIpc) is 2.33. The van der Waals surface area contributed by atoms with E-state index < -0.39 is 57.3 Å². The SMILES string of the molecule is CC(C)C(COc1c(F)c(F)cc(F)c1F)CS(N)(=O)=O. The lowest BCUT2D eigenvalue weighted by molar-refractivity contribution is 0.203. The molecule has 1 aromatic carbocycles. The summed E-state index contributed by atoms with van der Waals surface area (Å²) in [5.74, 6) is -9.18. The van der Waals surface area contributed by atoms with E-state index in [1.807, 2.05) is 0 Å². The van der Waals surface area contributed by atoms with Gasteiger partial charge >= 0.3 is 0 Å². The Labute approximate surface area is 119 Å². The maximum absolute atomic E-state index is 13.4. The number of ether oxygens (including phenoxy) is 1. The van der Waals surface area contributed by atoms with Crippen LogP contribution >= 0.6 is 0 Å². The maximum atomic E-state index is 13.4. The predicted molar refractivity (Wildman–Crippen MR) is 68.1 cm³/mol. The minimum absolute atomic E-state index is 0.0573. The molecule has 0 radical (unpaired) electrons. The van der Waals surface area contributed by atoms with Crippen LogP contribution < -0.4 is 9.88 Å². The number of hydrogen-bond acceptors (Lipinski definition) is 3. The summed E-state index contributed by atoms with van der Waals surface area (Å²) >= 11 is 0. The molecule has 0 fully saturated rings. The Bertz CT molecular complexity index is 593. The minimum atomic E-state index is -3.82. The summed E-state index contributed by atoms with van der Waals surface area (Å²) in [6, 6.07) is 0.0573. The molecular formula is C12H15F4NO3S. The lowest BCUT2D eigenvalue weighted by Crippen LogP contribution is -2.30. The first kappa shape index (κ1) is 17.7. The van der Waals surface area contributed by atoms with Crippen LogP contribution in [0.15, 0.2) is 6.07 Å². The predicted octanol–water partition coefficient (Wildman–Crippen LogP) is 2.18.